The van der Waals surface area contributed by atoms with Crippen molar-refractivity contribution in [2.45, 2.75) is 33.7 Å². The Kier molecular flexibility index (Phi) is 1.51. The average molecular weight is 166 g/mol. The number of rotatable bonds is 0. The molecule has 0 N–H and O–H groups in total. The van der Waals surface area contributed by atoms with Gasteiger partial charge in [-0.1, -0.05) is 20.8 Å². The summed E-state index contributed by atoms with van der Waals surface area (Å²) in [5.74, 6) is 2.00. The van der Waals surface area contributed by atoms with E-state index in [-0.39, 0.29) is 0 Å². The highest BCUT2D eigenvalue weighted by molar-refractivity contribution is 5.88. The van der Waals surface area contributed by atoms with Gasteiger partial charge in [0.2, 0.25) is 0 Å². The molecule has 2 heterocycles. The third-order valence-electron chi connectivity index (χ3n) is 3.32. The summed E-state index contributed by atoms with van der Waals surface area (Å²) in [5.41, 5.74) is 0.430. The van der Waals surface area contributed by atoms with Crippen LogP contribution in [0, 0.1) is 11.3 Å². The van der Waals surface area contributed by atoms with E-state index in [1.54, 1.807) is 0 Å². The zero-order chi connectivity index (χ0) is 8.93. The second-order valence-electron chi connectivity index (χ2n) is 4.93. The van der Waals surface area contributed by atoms with Gasteiger partial charge in [-0.05, 0) is 12.3 Å². The van der Waals surface area contributed by atoms with E-state index in [0.717, 1.165) is 6.54 Å². The quantitative estimate of drug-likeness (QED) is 0.535. The molecule has 2 aliphatic heterocycles. The number of fused-ring (bicyclic) bond motifs is 1. The number of hydrogen-bond acceptors (Lipinski definition) is 2. The van der Waals surface area contributed by atoms with E-state index in [4.69, 9.17) is 0 Å². The lowest BCUT2D eigenvalue weighted by Gasteiger charge is -2.22. The Hall–Kier alpha value is -0.530. The molecule has 2 atom stereocenters. The van der Waals surface area contributed by atoms with E-state index in [2.05, 4.69) is 37.6 Å². The molecule has 0 aromatic heterocycles. The van der Waals surface area contributed by atoms with Crippen LogP contribution in [0.1, 0.15) is 27.7 Å². The predicted molar refractivity (Wildman–Crippen MR) is 51.4 cm³/mol. The lowest BCUT2D eigenvalue weighted by atomic mass is 9.83. The lowest BCUT2D eigenvalue weighted by molar-refractivity contribution is 0.278. The van der Waals surface area contributed by atoms with Crippen molar-refractivity contribution in [3.05, 3.63) is 0 Å². The molecule has 0 spiro atoms. The van der Waals surface area contributed by atoms with Gasteiger partial charge in [0.05, 0.1) is 6.04 Å². The Morgan fingerprint density at radius 2 is 2.08 bits per heavy atom. The summed E-state index contributed by atoms with van der Waals surface area (Å²) in [7, 11) is 0. The van der Waals surface area contributed by atoms with Crippen molar-refractivity contribution in [1.29, 1.82) is 0 Å². The van der Waals surface area contributed by atoms with Gasteiger partial charge in [0.25, 0.3) is 0 Å². The Balaban J connectivity index is 2.27. The Bertz CT molecular complexity index is 230. The van der Waals surface area contributed by atoms with E-state index in [1.807, 2.05) is 0 Å². The molecular formula is C10H18N2. The Morgan fingerprint density at radius 1 is 1.42 bits per heavy atom. The topological polar surface area (TPSA) is 15.6 Å². The van der Waals surface area contributed by atoms with Crippen LogP contribution < -0.4 is 0 Å². The van der Waals surface area contributed by atoms with Crippen molar-refractivity contribution < 1.29 is 0 Å². The monoisotopic (exact) mass is 166 g/mol. The van der Waals surface area contributed by atoms with E-state index >= 15 is 0 Å². The van der Waals surface area contributed by atoms with Crippen molar-refractivity contribution >= 4 is 5.84 Å². The molecule has 0 aromatic carbocycles. The maximum atomic E-state index is 4.67. The first-order valence-corrected chi connectivity index (χ1v) is 4.83. The molecule has 2 heteroatoms. The van der Waals surface area contributed by atoms with Crippen LogP contribution in [-0.4, -0.2) is 29.9 Å². The maximum absolute atomic E-state index is 4.67. The summed E-state index contributed by atoms with van der Waals surface area (Å²) in [5, 5.41) is 0. The van der Waals surface area contributed by atoms with Gasteiger partial charge < -0.3 is 4.90 Å². The van der Waals surface area contributed by atoms with Crippen LogP contribution in [0.25, 0.3) is 0 Å². The van der Waals surface area contributed by atoms with E-state index in [0.29, 0.717) is 17.4 Å². The SMILES string of the molecule is CC1CN2CC(C)(C)C(C)C2=N1. The molecule has 2 nitrogen and oxygen atoms in total. The Morgan fingerprint density at radius 3 is 2.67 bits per heavy atom. The van der Waals surface area contributed by atoms with Crippen LogP contribution in [0.3, 0.4) is 0 Å². The zero-order valence-electron chi connectivity index (χ0n) is 8.46. The fraction of sp³-hybridized carbons (Fsp3) is 0.900. The summed E-state index contributed by atoms with van der Waals surface area (Å²) in [6.45, 7) is 11.5. The van der Waals surface area contributed by atoms with Gasteiger partial charge >= 0.3 is 0 Å². The Labute approximate surface area is 74.7 Å². The largest absolute Gasteiger partial charge is 0.357 e. The normalized spacial score (nSPS) is 38.3. The lowest BCUT2D eigenvalue weighted by Crippen LogP contribution is -2.26. The third-order valence-corrected chi connectivity index (χ3v) is 3.32. The highest BCUT2D eigenvalue weighted by Crippen LogP contribution is 2.38. The molecule has 2 aliphatic rings. The predicted octanol–water partition coefficient (Wildman–Crippen LogP) is 1.76. The average Bonchev–Trinajstić information content (AvgIpc) is 2.35. The van der Waals surface area contributed by atoms with Crippen LogP contribution in [0.15, 0.2) is 4.99 Å². The number of hydrogen-bond donors (Lipinski definition) is 0. The van der Waals surface area contributed by atoms with Crippen molar-refractivity contribution in [3.8, 4) is 0 Å². The molecule has 0 saturated carbocycles. The molecule has 12 heavy (non-hydrogen) atoms. The zero-order valence-corrected chi connectivity index (χ0v) is 8.46. The molecular weight excluding hydrogens is 148 g/mol. The van der Waals surface area contributed by atoms with Crippen molar-refractivity contribution in [2.75, 3.05) is 13.1 Å². The highest BCUT2D eigenvalue weighted by atomic mass is 15.3. The van der Waals surface area contributed by atoms with Gasteiger partial charge in [0, 0.05) is 19.0 Å². The summed E-state index contributed by atoms with van der Waals surface area (Å²) in [4.78, 5) is 7.12. The smallest absolute Gasteiger partial charge is 0.103 e. The summed E-state index contributed by atoms with van der Waals surface area (Å²) < 4.78 is 0. The standard InChI is InChI=1S/C10H18N2/c1-7-5-12-6-10(3,4)8(2)9(12)11-7/h7-8H,5-6H2,1-4H3. The van der Waals surface area contributed by atoms with Crippen molar-refractivity contribution in [1.82, 2.24) is 4.90 Å². The molecule has 2 unspecified atom stereocenters. The van der Waals surface area contributed by atoms with Crippen molar-refractivity contribution in [3.63, 3.8) is 0 Å². The van der Waals surface area contributed by atoms with Gasteiger partial charge in [0.15, 0.2) is 0 Å². The van der Waals surface area contributed by atoms with Crippen LogP contribution in [0.2, 0.25) is 0 Å². The fourth-order valence-electron chi connectivity index (χ4n) is 2.27. The molecule has 0 aromatic rings. The van der Waals surface area contributed by atoms with Gasteiger partial charge in [-0.3, -0.25) is 4.99 Å². The summed E-state index contributed by atoms with van der Waals surface area (Å²) in [6, 6.07) is 0.526. The molecule has 1 saturated heterocycles. The van der Waals surface area contributed by atoms with E-state index in [9.17, 15) is 0 Å². The van der Waals surface area contributed by atoms with Gasteiger partial charge in [-0.15, -0.1) is 0 Å². The number of amidine groups is 1. The van der Waals surface area contributed by atoms with Gasteiger partial charge in [0.1, 0.15) is 5.84 Å². The molecule has 0 amide bonds. The third kappa shape index (κ3) is 0.970. The summed E-state index contributed by atoms with van der Waals surface area (Å²) in [6.07, 6.45) is 0. The first-order valence-electron chi connectivity index (χ1n) is 4.83. The van der Waals surface area contributed by atoms with Crippen LogP contribution in [0.4, 0.5) is 0 Å². The fourth-order valence-corrected chi connectivity index (χ4v) is 2.27. The number of nitrogens with zero attached hydrogens (tertiary/aromatic N) is 2. The molecule has 0 bridgehead atoms. The second-order valence-corrected chi connectivity index (χ2v) is 4.93. The van der Waals surface area contributed by atoms with Crippen molar-refractivity contribution in [2.24, 2.45) is 16.3 Å². The number of aliphatic imine (C=N–C) groups is 1. The van der Waals surface area contributed by atoms with Crippen LogP contribution in [-0.2, 0) is 0 Å². The van der Waals surface area contributed by atoms with Gasteiger partial charge in [-0.2, -0.15) is 0 Å². The molecule has 68 valence electrons. The minimum absolute atomic E-state index is 0.430. The highest BCUT2D eigenvalue weighted by Gasteiger charge is 2.43. The summed E-state index contributed by atoms with van der Waals surface area (Å²) >= 11 is 0. The van der Waals surface area contributed by atoms with Crippen LogP contribution >= 0.6 is 0 Å². The first-order chi connectivity index (χ1) is 5.50. The molecule has 0 aliphatic carbocycles. The van der Waals surface area contributed by atoms with Crippen LogP contribution in [0.5, 0.6) is 0 Å². The first kappa shape index (κ1) is 8.09. The molecule has 1 fully saturated rings. The molecule has 0 radical (unpaired) electrons. The van der Waals surface area contributed by atoms with E-state index in [1.165, 1.54) is 12.4 Å². The van der Waals surface area contributed by atoms with E-state index < -0.39 is 0 Å². The minimum Gasteiger partial charge on any atom is -0.357 e. The minimum atomic E-state index is 0.430. The molecule has 2 rings (SSSR count). The van der Waals surface area contributed by atoms with Gasteiger partial charge in [-0.25, -0.2) is 0 Å². The second kappa shape index (κ2) is 2.24. The maximum Gasteiger partial charge on any atom is 0.103 e.